The van der Waals surface area contributed by atoms with Crippen molar-refractivity contribution in [2.45, 2.75) is 38.0 Å². The molecule has 1 saturated heterocycles. The van der Waals surface area contributed by atoms with Gasteiger partial charge in [0, 0.05) is 29.6 Å². The molecule has 16 heavy (non-hydrogen) atoms. The standard InChI is InChI=1S/C11H17N3S2/c1-8-5-9(2)16-11(14-8)12-4-3-10-6-15-7-13-10/h6-9H,3-5H2,1-2H3,(H,12,14). The molecule has 0 bridgehead atoms. The minimum atomic E-state index is 0.550. The van der Waals surface area contributed by atoms with Crippen LogP contribution in [0.5, 0.6) is 0 Å². The van der Waals surface area contributed by atoms with E-state index in [1.165, 1.54) is 6.42 Å². The molecule has 0 radical (unpaired) electrons. The van der Waals surface area contributed by atoms with E-state index in [0.717, 1.165) is 23.8 Å². The van der Waals surface area contributed by atoms with E-state index in [9.17, 15) is 0 Å². The van der Waals surface area contributed by atoms with Gasteiger partial charge in [-0.05, 0) is 13.3 Å². The van der Waals surface area contributed by atoms with Crippen molar-refractivity contribution < 1.29 is 0 Å². The first-order valence-corrected chi connectivity index (χ1v) is 7.41. The topological polar surface area (TPSA) is 37.3 Å². The Kier molecular flexibility index (Phi) is 4.23. The molecule has 0 saturated carbocycles. The zero-order valence-electron chi connectivity index (χ0n) is 9.64. The van der Waals surface area contributed by atoms with Gasteiger partial charge in [0.05, 0.1) is 11.2 Å². The Bertz CT molecular complexity index is 336. The van der Waals surface area contributed by atoms with Crippen LogP contribution >= 0.6 is 23.1 Å². The average Bonchev–Trinajstić information content (AvgIpc) is 2.69. The van der Waals surface area contributed by atoms with Crippen LogP contribution in [0.2, 0.25) is 0 Å². The first-order valence-electron chi connectivity index (χ1n) is 5.58. The summed E-state index contributed by atoms with van der Waals surface area (Å²) in [6.45, 7) is 5.31. The third-order valence-corrected chi connectivity index (χ3v) is 4.18. The van der Waals surface area contributed by atoms with Gasteiger partial charge in [-0.1, -0.05) is 18.7 Å². The largest absolute Gasteiger partial charge is 0.362 e. The average molecular weight is 255 g/mol. The fourth-order valence-corrected chi connectivity index (χ4v) is 3.55. The van der Waals surface area contributed by atoms with Gasteiger partial charge >= 0.3 is 0 Å². The highest BCUT2D eigenvalue weighted by Crippen LogP contribution is 2.22. The highest BCUT2D eigenvalue weighted by atomic mass is 32.2. The van der Waals surface area contributed by atoms with E-state index < -0.39 is 0 Å². The molecule has 0 aromatic carbocycles. The summed E-state index contributed by atoms with van der Waals surface area (Å²) in [5.74, 6) is 0. The molecule has 2 unspecified atom stereocenters. The van der Waals surface area contributed by atoms with Crippen molar-refractivity contribution in [2.24, 2.45) is 4.99 Å². The van der Waals surface area contributed by atoms with Crippen LogP contribution in [0, 0.1) is 0 Å². The van der Waals surface area contributed by atoms with E-state index >= 15 is 0 Å². The maximum Gasteiger partial charge on any atom is 0.157 e. The van der Waals surface area contributed by atoms with Gasteiger partial charge in [-0.15, -0.1) is 11.3 Å². The minimum absolute atomic E-state index is 0.550. The summed E-state index contributed by atoms with van der Waals surface area (Å²) in [4.78, 5) is 8.84. The van der Waals surface area contributed by atoms with Gasteiger partial charge in [0.25, 0.3) is 0 Å². The number of amidine groups is 1. The van der Waals surface area contributed by atoms with Crippen LogP contribution in [0.25, 0.3) is 0 Å². The zero-order valence-corrected chi connectivity index (χ0v) is 11.3. The molecule has 1 aliphatic heterocycles. The number of rotatable bonds is 3. The van der Waals surface area contributed by atoms with E-state index in [0.29, 0.717) is 11.3 Å². The Morgan fingerprint density at radius 3 is 3.12 bits per heavy atom. The summed E-state index contributed by atoms with van der Waals surface area (Å²) in [5, 5.41) is 7.29. The minimum Gasteiger partial charge on any atom is -0.362 e. The van der Waals surface area contributed by atoms with E-state index in [1.807, 2.05) is 17.3 Å². The van der Waals surface area contributed by atoms with Crippen molar-refractivity contribution in [2.75, 3.05) is 6.54 Å². The predicted molar refractivity (Wildman–Crippen MR) is 72.4 cm³/mol. The molecule has 88 valence electrons. The normalized spacial score (nSPS) is 28.0. The first kappa shape index (κ1) is 11.9. The van der Waals surface area contributed by atoms with Crippen LogP contribution < -0.4 is 5.32 Å². The number of thioether (sulfide) groups is 1. The van der Waals surface area contributed by atoms with Crippen LogP contribution in [0.1, 0.15) is 26.0 Å². The number of aromatic nitrogens is 1. The van der Waals surface area contributed by atoms with Gasteiger partial charge in [-0.25, -0.2) is 4.98 Å². The van der Waals surface area contributed by atoms with Crippen molar-refractivity contribution in [1.29, 1.82) is 0 Å². The monoisotopic (exact) mass is 255 g/mol. The Labute approximate surface area is 105 Å². The van der Waals surface area contributed by atoms with Gasteiger partial charge in [0.15, 0.2) is 5.17 Å². The van der Waals surface area contributed by atoms with Crippen LogP contribution in [-0.4, -0.2) is 28.0 Å². The number of aliphatic imine (C=N–C) groups is 1. The Morgan fingerprint density at radius 2 is 2.44 bits per heavy atom. The molecule has 2 heterocycles. The lowest BCUT2D eigenvalue weighted by molar-refractivity contribution is 0.597. The summed E-state index contributed by atoms with van der Waals surface area (Å²) >= 11 is 3.49. The smallest absolute Gasteiger partial charge is 0.157 e. The molecule has 1 aliphatic rings. The second-order valence-electron chi connectivity index (χ2n) is 4.13. The number of nitrogens with one attached hydrogen (secondary N) is 1. The number of hydrogen-bond donors (Lipinski definition) is 1. The molecule has 1 fully saturated rings. The van der Waals surface area contributed by atoms with Gasteiger partial charge < -0.3 is 5.32 Å². The van der Waals surface area contributed by atoms with Crippen molar-refractivity contribution in [3.8, 4) is 0 Å². The highest BCUT2D eigenvalue weighted by Gasteiger charge is 2.19. The third kappa shape index (κ3) is 3.49. The van der Waals surface area contributed by atoms with Crippen LogP contribution in [-0.2, 0) is 6.42 Å². The van der Waals surface area contributed by atoms with Gasteiger partial charge in [-0.2, -0.15) is 0 Å². The second-order valence-corrected chi connectivity index (χ2v) is 6.27. The van der Waals surface area contributed by atoms with Crippen molar-refractivity contribution in [3.05, 3.63) is 16.6 Å². The van der Waals surface area contributed by atoms with Gasteiger partial charge in [0.1, 0.15) is 0 Å². The van der Waals surface area contributed by atoms with E-state index in [-0.39, 0.29) is 0 Å². The number of nitrogens with zero attached hydrogens (tertiary/aromatic N) is 2. The van der Waals surface area contributed by atoms with Crippen molar-refractivity contribution in [1.82, 2.24) is 10.3 Å². The quantitative estimate of drug-likeness (QED) is 0.902. The summed E-state index contributed by atoms with van der Waals surface area (Å²) in [7, 11) is 0. The summed E-state index contributed by atoms with van der Waals surface area (Å²) in [6.07, 6.45) is 2.16. The fourth-order valence-electron chi connectivity index (χ4n) is 1.76. The third-order valence-electron chi connectivity index (χ3n) is 2.47. The molecular formula is C11H17N3S2. The maximum atomic E-state index is 4.59. The van der Waals surface area contributed by atoms with Crippen LogP contribution in [0.15, 0.2) is 15.9 Å². The van der Waals surface area contributed by atoms with Gasteiger partial charge in [0.2, 0.25) is 0 Å². The zero-order chi connectivity index (χ0) is 11.4. The SMILES string of the molecule is CC1CC(C)SC(=NCCc2cscn2)N1. The molecule has 2 atom stereocenters. The molecule has 0 aliphatic carbocycles. The van der Waals surface area contributed by atoms with E-state index in [1.54, 1.807) is 11.3 Å². The molecule has 0 spiro atoms. The molecule has 3 nitrogen and oxygen atoms in total. The lowest BCUT2D eigenvalue weighted by Crippen LogP contribution is -2.38. The predicted octanol–water partition coefficient (Wildman–Crippen LogP) is 2.55. The second kappa shape index (κ2) is 5.68. The molecule has 1 aromatic rings. The number of thiazole rings is 1. The van der Waals surface area contributed by atoms with E-state index in [2.05, 4.69) is 34.5 Å². The molecule has 1 N–H and O–H groups in total. The molecule has 1 aromatic heterocycles. The first-order chi connectivity index (χ1) is 7.74. The van der Waals surface area contributed by atoms with Crippen LogP contribution in [0.3, 0.4) is 0 Å². The van der Waals surface area contributed by atoms with E-state index in [4.69, 9.17) is 0 Å². The molecule has 0 amide bonds. The highest BCUT2D eigenvalue weighted by molar-refractivity contribution is 8.14. The van der Waals surface area contributed by atoms with Crippen molar-refractivity contribution in [3.63, 3.8) is 0 Å². The summed E-state index contributed by atoms with van der Waals surface area (Å²) in [5.41, 5.74) is 3.02. The van der Waals surface area contributed by atoms with Crippen LogP contribution in [0.4, 0.5) is 0 Å². The number of hydrogen-bond acceptors (Lipinski definition) is 4. The van der Waals surface area contributed by atoms with Crippen molar-refractivity contribution >= 4 is 28.3 Å². The lowest BCUT2D eigenvalue weighted by atomic mass is 10.2. The Balaban J connectivity index is 1.82. The molecule has 2 rings (SSSR count). The Hall–Kier alpha value is -0.550. The summed E-state index contributed by atoms with van der Waals surface area (Å²) in [6, 6.07) is 0.550. The fraction of sp³-hybridized carbons (Fsp3) is 0.636. The Morgan fingerprint density at radius 1 is 1.56 bits per heavy atom. The maximum absolute atomic E-state index is 4.59. The molecule has 5 heteroatoms. The lowest BCUT2D eigenvalue weighted by Gasteiger charge is -2.26. The van der Waals surface area contributed by atoms with Gasteiger partial charge in [-0.3, -0.25) is 4.99 Å². The molecular weight excluding hydrogens is 238 g/mol. The summed E-state index contributed by atoms with van der Waals surface area (Å²) < 4.78 is 0.